The maximum absolute atomic E-state index is 11.2. The number of nitro groups is 1. The number of rotatable bonds is 2. The lowest BCUT2D eigenvalue weighted by atomic mass is 10.2. The SMILES string of the molecule is O=C(O)N1C2CCC1CN(c1ccc([N+](=O)[O-])nc1)C2. The fraction of sp³-hybridized carbons (Fsp3) is 0.500. The molecule has 0 saturated carbocycles. The summed E-state index contributed by atoms with van der Waals surface area (Å²) in [5.41, 5.74) is 0.803. The van der Waals surface area contributed by atoms with E-state index in [9.17, 15) is 20.0 Å². The fourth-order valence-corrected chi connectivity index (χ4v) is 3.10. The lowest BCUT2D eigenvalue weighted by molar-refractivity contribution is -0.389. The van der Waals surface area contributed by atoms with Gasteiger partial charge in [-0.1, -0.05) is 0 Å². The van der Waals surface area contributed by atoms with Crippen molar-refractivity contribution in [2.24, 2.45) is 0 Å². The molecule has 2 atom stereocenters. The van der Waals surface area contributed by atoms with Gasteiger partial charge in [0, 0.05) is 19.2 Å². The maximum atomic E-state index is 11.2. The third-order valence-electron chi connectivity index (χ3n) is 3.99. The van der Waals surface area contributed by atoms with Crippen LogP contribution < -0.4 is 4.90 Å². The van der Waals surface area contributed by atoms with Gasteiger partial charge >= 0.3 is 11.9 Å². The van der Waals surface area contributed by atoms with E-state index >= 15 is 0 Å². The van der Waals surface area contributed by atoms with Crippen molar-refractivity contribution in [1.29, 1.82) is 0 Å². The summed E-state index contributed by atoms with van der Waals surface area (Å²) < 4.78 is 0. The normalized spacial score (nSPS) is 24.8. The van der Waals surface area contributed by atoms with Crippen LogP contribution in [0.25, 0.3) is 0 Å². The third kappa shape index (κ3) is 2.02. The Hall–Kier alpha value is -2.38. The molecule has 1 N–H and O–H groups in total. The maximum Gasteiger partial charge on any atom is 0.407 e. The highest BCUT2D eigenvalue weighted by Gasteiger charge is 2.42. The van der Waals surface area contributed by atoms with E-state index in [0.29, 0.717) is 13.1 Å². The molecule has 1 aromatic heterocycles. The van der Waals surface area contributed by atoms with Gasteiger partial charge < -0.3 is 20.1 Å². The summed E-state index contributed by atoms with van der Waals surface area (Å²) in [6.45, 7) is 1.23. The second-order valence-corrected chi connectivity index (χ2v) is 5.11. The van der Waals surface area contributed by atoms with Crippen LogP contribution >= 0.6 is 0 Å². The second kappa shape index (κ2) is 4.62. The molecule has 1 aromatic rings. The molecule has 2 saturated heterocycles. The third-order valence-corrected chi connectivity index (χ3v) is 3.99. The zero-order valence-electron chi connectivity index (χ0n) is 10.7. The number of hydrogen-bond donors (Lipinski definition) is 1. The van der Waals surface area contributed by atoms with Crippen molar-refractivity contribution in [2.75, 3.05) is 18.0 Å². The number of hydrogen-bond acceptors (Lipinski definition) is 5. The van der Waals surface area contributed by atoms with Gasteiger partial charge in [0.2, 0.25) is 0 Å². The molecule has 3 heterocycles. The van der Waals surface area contributed by atoms with Crippen molar-refractivity contribution >= 4 is 17.6 Å². The molecular weight excluding hydrogens is 264 g/mol. The van der Waals surface area contributed by atoms with Crippen LogP contribution in [0.3, 0.4) is 0 Å². The Balaban J connectivity index is 1.77. The highest BCUT2D eigenvalue weighted by Crippen LogP contribution is 2.32. The van der Waals surface area contributed by atoms with E-state index < -0.39 is 11.0 Å². The first kappa shape index (κ1) is 12.6. The minimum atomic E-state index is -0.862. The highest BCUT2D eigenvalue weighted by molar-refractivity contribution is 5.67. The summed E-state index contributed by atoms with van der Waals surface area (Å²) in [5, 5.41) is 19.8. The molecule has 1 amide bonds. The van der Waals surface area contributed by atoms with Crippen molar-refractivity contribution in [3.63, 3.8) is 0 Å². The molecule has 2 fully saturated rings. The predicted octanol–water partition coefficient (Wildman–Crippen LogP) is 1.32. The Kier molecular flexibility index (Phi) is 2.92. The van der Waals surface area contributed by atoms with Crippen molar-refractivity contribution in [3.05, 3.63) is 28.4 Å². The van der Waals surface area contributed by atoms with E-state index in [1.807, 2.05) is 0 Å². The zero-order chi connectivity index (χ0) is 14.3. The van der Waals surface area contributed by atoms with Crippen molar-refractivity contribution in [1.82, 2.24) is 9.88 Å². The van der Waals surface area contributed by atoms with Crippen molar-refractivity contribution in [3.8, 4) is 0 Å². The van der Waals surface area contributed by atoms with Crippen LogP contribution in [0.4, 0.5) is 16.3 Å². The van der Waals surface area contributed by atoms with Gasteiger partial charge in [-0.15, -0.1) is 0 Å². The lowest BCUT2D eigenvalue weighted by Crippen LogP contribution is -2.55. The van der Waals surface area contributed by atoms with Crippen LogP contribution in [0.1, 0.15) is 12.8 Å². The summed E-state index contributed by atoms with van der Waals surface area (Å²) >= 11 is 0. The molecule has 2 aliphatic rings. The van der Waals surface area contributed by atoms with E-state index in [4.69, 9.17) is 0 Å². The summed E-state index contributed by atoms with van der Waals surface area (Å²) in [7, 11) is 0. The van der Waals surface area contributed by atoms with Gasteiger partial charge in [-0.2, -0.15) is 0 Å². The van der Waals surface area contributed by atoms with E-state index in [1.165, 1.54) is 17.2 Å². The van der Waals surface area contributed by atoms with Gasteiger partial charge in [-0.25, -0.2) is 4.79 Å². The number of pyridine rings is 1. The molecular formula is C12H14N4O4. The molecule has 0 radical (unpaired) electrons. The number of aromatic nitrogens is 1. The molecule has 8 heteroatoms. The fourth-order valence-electron chi connectivity index (χ4n) is 3.10. The standard InChI is InChI=1S/C12H14N4O4/c17-12(18)15-9-1-2-10(15)7-14(6-9)8-3-4-11(13-5-8)16(19)20/h3-5,9-10H,1-2,6-7H2,(H,17,18). The van der Waals surface area contributed by atoms with Gasteiger partial charge in [-0.05, 0) is 28.8 Å². The van der Waals surface area contributed by atoms with Gasteiger partial charge in [0.1, 0.15) is 0 Å². The van der Waals surface area contributed by atoms with Crippen LogP contribution in [0.5, 0.6) is 0 Å². The molecule has 0 aliphatic carbocycles. The topological polar surface area (TPSA) is 99.8 Å². The van der Waals surface area contributed by atoms with Crippen molar-refractivity contribution in [2.45, 2.75) is 24.9 Å². The molecule has 0 aromatic carbocycles. The van der Waals surface area contributed by atoms with E-state index in [2.05, 4.69) is 9.88 Å². The molecule has 20 heavy (non-hydrogen) atoms. The molecule has 2 unspecified atom stereocenters. The Morgan fingerprint density at radius 1 is 1.35 bits per heavy atom. The largest absolute Gasteiger partial charge is 0.465 e. The van der Waals surface area contributed by atoms with Gasteiger partial charge in [0.05, 0.1) is 17.8 Å². The minimum absolute atomic E-state index is 0.00134. The Morgan fingerprint density at radius 2 is 2.00 bits per heavy atom. The van der Waals surface area contributed by atoms with Gasteiger partial charge in [0.15, 0.2) is 6.20 Å². The number of fused-ring (bicyclic) bond motifs is 2. The quantitative estimate of drug-likeness (QED) is 0.647. The first-order valence-electron chi connectivity index (χ1n) is 6.43. The van der Waals surface area contributed by atoms with Crippen LogP contribution in [0.2, 0.25) is 0 Å². The molecule has 3 rings (SSSR count). The Morgan fingerprint density at radius 3 is 2.45 bits per heavy atom. The Labute approximate surface area is 114 Å². The van der Waals surface area contributed by atoms with Gasteiger partial charge in [0.25, 0.3) is 0 Å². The smallest absolute Gasteiger partial charge is 0.407 e. The number of anilines is 1. The monoisotopic (exact) mass is 278 g/mol. The summed E-state index contributed by atoms with van der Waals surface area (Å²) in [5.74, 6) is -0.180. The number of nitrogens with zero attached hydrogens (tertiary/aromatic N) is 4. The molecule has 0 spiro atoms. The predicted molar refractivity (Wildman–Crippen MR) is 69.8 cm³/mol. The van der Waals surface area contributed by atoms with Crippen LogP contribution in [0.15, 0.2) is 18.3 Å². The van der Waals surface area contributed by atoms with Gasteiger partial charge in [-0.3, -0.25) is 4.90 Å². The van der Waals surface area contributed by atoms with Crippen LogP contribution in [-0.2, 0) is 0 Å². The molecule has 8 nitrogen and oxygen atoms in total. The molecule has 106 valence electrons. The summed E-state index contributed by atoms with van der Waals surface area (Å²) in [6, 6.07) is 3.05. The first-order chi connectivity index (χ1) is 9.56. The van der Waals surface area contributed by atoms with E-state index in [1.54, 1.807) is 6.07 Å². The summed E-state index contributed by atoms with van der Waals surface area (Å²) in [6.07, 6.45) is 2.36. The van der Waals surface area contributed by atoms with E-state index in [0.717, 1.165) is 18.5 Å². The average molecular weight is 278 g/mol. The number of carboxylic acid groups (broad SMARTS) is 1. The minimum Gasteiger partial charge on any atom is -0.465 e. The molecule has 2 bridgehead atoms. The number of piperazine rings is 1. The first-order valence-corrected chi connectivity index (χ1v) is 6.43. The lowest BCUT2D eigenvalue weighted by Gasteiger charge is -2.40. The van der Waals surface area contributed by atoms with Crippen LogP contribution in [-0.4, -0.2) is 51.2 Å². The molecule has 2 aliphatic heterocycles. The number of carbonyl (C=O) groups is 1. The zero-order valence-corrected chi connectivity index (χ0v) is 10.7. The second-order valence-electron chi connectivity index (χ2n) is 5.11. The number of amides is 1. The highest BCUT2D eigenvalue weighted by atomic mass is 16.6. The Bertz CT molecular complexity index is 533. The summed E-state index contributed by atoms with van der Waals surface area (Å²) in [4.78, 5) is 28.6. The average Bonchev–Trinajstić information content (AvgIpc) is 2.70. The van der Waals surface area contributed by atoms with E-state index in [-0.39, 0.29) is 17.9 Å². The van der Waals surface area contributed by atoms with Crippen LogP contribution in [0, 0.1) is 10.1 Å². The van der Waals surface area contributed by atoms with Crippen molar-refractivity contribution < 1.29 is 14.8 Å².